The molecule has 0 bridgehead atoms. The number of carbonyl (C=O) groups is 2. The lowest BCUT2D eigenvalue weighted by Crippen LogP contribution is -2.43. The second-order valence-corrected chi connectivity index (χ2v) is 9.95. The van der Waals surface area contributed by atoms with Gasteiger partial charge in [-0.05, 0) is 29.8 Å². The quantitative estimate of drug-likeness (QED) is 0.242. The molecule has 0 saturated heterocycles. The third kappa shape index (κ3) is 6.46. The van der Waals surface area contributed by atoms with Crippen molar-refractivity contribution in [2.24, 2.45) is 5.73 Å². The van der Waals surface area contributed by atoms with Gasteiger partial charge in [0.05, 0.1) is 10.0 Å². The van der Waals surface area contributed by atoms with Gasteiger partial charge in [-0.25, -0.2) is 0 Å². The Kier molecular flexibility index (Phi) is 9.25. The highest BCUT2D eigenvalue weighted by atomic mass is 35.5. The van der Waals surface area contributed by atoms with Gasteiger partial charge in [0.2, 0.25) is 5.91 Å². The standard InChI is InChI=1S/C26H21Cl4N5O3/c27-17-7-4-8-18(28)22(17)20-14-21(38-34-20)19-13-16(9-10-32-19)35(26(37)24(29)30)12-11-33-25(36)23(31)15-5-2-1-3-6-15/h1-10,13-14,23-24H,11-12,31H2,(H,33,36)/t23-/m1/s1. The van der Waals surface area contributed by atoms with Crippen LogP contribution in [0.5, 0.6) is 0 Å². The number of rotatable bonds is 9. The van der Waals surface area contributed by atoms with Crippen LogP contribution in [0, 0.1) is 0 Å². The van der Waals surface area contributed by atoms with Crippen molar-refractivity contribution in [3.8, 4) is 22.7 Å². The van der Waals surface area contributed by atoms with Crippen molar-refractivity contribution in [3.05, 3.63) is 88.5 Å². The maximum absolute atomic E-state index is 12.8. The smallest absolute Gasteiger partial charge is 0.260 e. The molecule has 2 aromatic heterocycles. The third-order valence-corrected chi connectivity index (χ3v) is 6.57. The van der Waals surface area contributed by atoms with Crippen LogP contribution < -0.4 is 16.0 Å². The van der Waals surface area contributed by atoms with Gasteiger partial charge in [-0.1, -0.05) is 88.0 Å². The summed E-state index contributed by atoms with van der Waals surface area (Å²) >= 11 is 24.4. The lowest BCUT2D eigenvalue weighted by Gasteiger charge is -2.24. The number of alkyl halides is 2. The summed E-state index contributed by atoms with van der Waals surface area (Å²) in [6, 6.07) is 18.1. The number of pyridine rings is 1. The summed E-state index contributed by atoms with van der Waals surface area (Å²) in [7, 11) is 0. The van der Waals surface area contributed by atoms with Gasteiger partial charge in [-0.15, -0.1) is 0 Å². The van der Waals surface area contributed by atoms with E-state index in [0.29, 0.717) is 44.0 Å². The van der Waals surface area contributed by atoms with Crippen molar-refractivity contribution in [2.45, 2.75) is 10.9 Å². The lowest BCUT2D eigenvalue weighted by atomic mass is 10.1. The van der Waals surface area contributed by atoms with Gasteiger partial charge in [0, 0.05) is 36.6 Å². The summed E-state index contributed by atoms with van der Waals surface area (Å²) in [4.78, 5) is 29.7. The molecule has 0 spiro atoms. The number of hydrogen-bond donors (Lipinski definition) is 2. The fourth-order valence-electron chi connectivity index (χ4n) is 3.68. The van der Waals surface area contributed by atoms with E-state index in [0.717, 1.165) is 0 Å². The number of nitrogens with zero attached hydrogens (tertiary/aromatic N) is 3. The number of nitrogens with one attached hydrogen (secondary N) is 1. The van der Waals surface area contributed by atoms with E-state index in [1.807, 2.05) is 6.07 Å². The van der Waals surface area contributed by atoms with Gasteiger partial charge in [0.1, 0.15) is 17.4 Å². The van der Waals surface area contributed by atoms with E-state index in [-0.39, 0.29) is 19.0 Å². The zero-order chi connectivity index (χ0) is 27.2. The first-order valence-corrected chi connectivity index (χ1v) is 12.9. The Labute approximate surface area is 238 Å². The molecule has 4 aromatic rings. The van der Waals surface area contributed by atoms with Crippen LogP contribution in [-0.2, 0) is 9.59 Å². The zero-order valence-electron chi connectivity index (χ0n) is 19.7. The number of anilines is 1. The minimum atomic E-state index is -1.33. The van der Waals surface area contributed by atoms with Crippen molar-refractivity contribution in [1.82, 2.24) is 15.5 Å². The minimum Gasteiger partial charge on any atom is -0.354 e. The normalized spacial score (nSPS) is 11.8. The van der Waals surface area contributed by atoms with Crippen LogP contribution in [0.15, 0.2) is 77.4 Å². The number of nitrogens with two attached hydrogens (primary N) is 1. The SMILES string of the molecule is N[C@@H](C(=O)NCCN(C(=O)C(Cl)Cl)c1ccnc(-c2cc(-c3c(Cl)cccc3Cl)no2)c1)c1ccccc1. The number of carbonyl (C=O) groups excluding carboxylic acids is 2. The summed E-state index contributed by atoms with van der Waals surface area (Å²) < 4.78 is 5.48. The summed E-state index contributed by atoms with van der Waals surface area (Å²) in [6.45, 7) is 0.170. The third-order valence-electron chi connectivity index (χ3n) is 5.57. The van der Waals surface area contributed by atoms with Crippen LogP contribution in [0.1, 0.15) is 11.6 Å². The first-order valence-electron chi connectivity index (χ1n) is 11.3. The monoisotopic (exact) mass is 591 g/mol. The van der Waals surface area contributed by atoms with E-state index in [4.69, 9.17) is 56.7 Å². The maximum Gasteiger partial charge on any atom is 0.260 e. The summed E-state index contributed by atoms with van der Waals surface area (Å²) in [5, 5.41) is 7.64. The van der Waals surface area contributed by atoms with Crippen molar-refractivity contribution in [1.29, 1.82) is 0 Å². The van der Waals surface area contributed by atoms with Gasteiger partial charge in [-0.2, -0.15) is 0 Å². The molecule has 8 nitrogen and oxygen atoms in total. The second kappa shape index (κ2) is 12.6. The molecule has 0 aliphatic rings. The predicted molar refractivity (Wildman–Crippen MR) is 149 cm³/mol. The molecule has 0 aliphatic heterocycles. The molecular weight excluding hydrogens is 572 g/mol. The molecule has 4 rings (SSSR count). The van der Waals surface area contributed by atoms with Gasteiger partial charge in [0.15, 0.2) is 10.6 Å². The summed E-state index contributed by atoms with van der Waals surface area (Å²) in [5.41, 5.74) is 8.48. The first kappa shape index (κ1) is 27.9. The molecule has 0 fully saturated rings. The molecule has 0 radical (unpaired) electrons. The van der Waals surface area contributed by atoms with Crippen molar-refractivity contribution < 1.29 is 14.1 Å². The Balaban J connectivity index is 1.52. The molecule has 2 aromatic carbocycles. The molecule has 196 valence electrons. The van der Waals surface area contributed by atoms with Crippen molar-refractivity contribution in [2.75, 3.05) is 18.0 Å². The minimum absolute atomic E-state index is 0.0718. The molecule has 3 N–H and O–H groups in total. The molecular formula is C26H21Cl4N5O3. The van der Waals surface area contributed by atoms with E-state index in [1.165, 1.54) is 11.1 Å². The van der Waals surface area contributed by atoms with Crippen LogP contribution in [0.2, 0.25) is 10.0 Å². The highest BCUT2D eigenvalue weighted by molar-refractivity contribution is 6.54. The molecule has 0 aliphatic carbocycles. The van der Waals surface area contributed by atoms with Crippen LogP contribution in [0.25, 0.3) is 22.7 Å². The van der Waals surface area contributed by atoms with E-state index in [2.05, 4.69) is 15.5 Å². The Bertz CT molecular complexity index is 1410. The Hall–Kier alpha value is -3.14. The van der Waals surface area contributed by atoms with E-state index < -0.39 is 16.8 Å². The fourth-order valence-corrected chi connectivity index (χ4v) is 4.50. The molecule has 12 heteroatoms. The number of aromatic nitrogens is 2. The summed E-state index contributed by atoms with van der Waals surface area (Å²) in [6.07, 6.45) is 1.50. The van der Waals surface area contributed by atoms with E-state index >= 15 is 0 Å². The molecule has 0 unspecified atom stereocenters. The van der Waals surface area contributed by atoms with Crippen LogP contribution in [0.3, 0.4) is 0 Å². The molecule has 2 amide bonds. The average molecular weight is 593 g/mol. The van der Waals surface area contributed by atoms with Crippen LogP contribution >= 0.6 is 46.4 Å². The van der Waals surface area contributed by atoms with Crippen molar-refractivity contribution >= 4 is 63.9 Å². The van der Waals surface area contributed by atoms with Crippen molar-refractivity contribution in [3.63, 3.8) is 0 Å². The maximum atomic E-state index is 12.8. The molecule has 1 atom stereocenters. The Morgan fingerprint density at radius 1 is 0.974 bits per heavy atom. The zero-order valence-corrected chi connectivity index (χ0v) is 22.7. The van der Waals surface area contributed by atoms with Gasteiger partial charge >= 0.3 is 0 Å². The number of hydrogen-bond acceptors (Lipinski definition) is 6. The fraction of sp³-hybridized carbons (Fsp3) is 0.154. The Morgan fingerprint density at radius 2 is 1.68 bits per heavy atom. The largest absolute Gasteiger partial charge is 0.354 e. The molecule has 38 heavy (non-hydrogen) atoms. The van der Waals surface area contributed by atoms with E-state index in [1.54, 1.807) is 60.7 Å². The van der Waals surface area contributed by atoms with Crippen LogP contribution in [0.4, 0.5) is 5.69 Å². The second-order valence-electron chi connectivity index (χ2n) is 8.04. The Morgan fingerprint density at radius 3 is 2.37 bits per heavy atom. The topological polar surface area (TPSA) is 114 Å². The molecule has 2 heterocycles. The first-order chi connectivity index (χ1) is 18.3. The number of halogens is 4. The van der Waals surface area contributed by atoms with Gasteiger partial charge < -0.3 is 20.5 Å². The highest BCUT2D eigenvalue weighted by Crippen LogP contribution is 2.36. The van der Waals surface area contributed by atoms with Gasteiger partial charge in [0.25, 0.3) is 5.91 Å². The highest BCUT2D eigenvalue weighted by Gasteiger charge is 2.24. The predicted octanol–water partition coefficient (Wildman–Crippen LogP) is 5.66. The number of benzene rings is 2. The lowest BCUT2D eigenvalue weighted by molar-refractivity contribution is -0.122. The van der Waals surface area contributed by atoms with Gasteiger partial charge in [-0.3, -0.25) is 14.6 Å². The average Bonchev–Trinajstić information content (AvgIpc) is 3.40. The number of amides is 2. The summed E-state index contributed by atoms with van der Waals surface area (Å²) in [5.74, 6) is -0.645. The molecule has 0 saturated carbocycles. The van der Waals surface area contributed by atoms with Crippen LogP contribution in [-0.4, -0.2) is 39.9 Å². The van der Waals surface area contributed by atoms with E-state index in [9.17, 15) is 9.59 Å².